The van der Waals surface area contributed by atoms with Crippen molar-refractivity contribution in [2.24, 2.45) is 0 Å². The van der Waals surface area contributed by atoms with Crippen LogP contribution in [-0.2, 0) is 9.84 Å². The highest BCUT2D eigenvalue weighted by Crippen LogP contribution is 2.27. The van der Waals surface area contributed by atoms with Crippen molar-refractivity contribution < 1.29 is 13.2 Å². The molecule has 2 rings (SSSR count). The zero-order chi connectivity index (χ0) is 15.5. The van der Waals surface area contributed by atoms with Crippen LogP contribution in [0.2, 0.25) is 0 Å². The third kappa shape index (κ3) is 4.92. The monoisotopic (exact) mass is 311 g/mol. The van der Waals surface area contributed by atoms with Crippen LogP contribution in [0.5, 0.6) is 5.75 Å². The second kappa shape index (κ2) is 6.69. The Balaban J connectivity index is 1.95. The fourth-order valence-electron chi connectivity index (χ4n) is 2.80. The van der Waals surface area contributed by atoms with Crippen molar-refractivity contribution in [3.05, 3.63) is 24.3 Å². The summed E-state index contributed by atoms with van der Waals surface area (Å²) in [5.41, 5.74) is 1.02. The molecule has 0 heterocycles. The average Bonchev–Trinajstić information content (AvgIpc) is 2.40. The first-order chi connectivity index (χ1) is 9.84. The Kier molecular flexibility index (Phi) is 5.14. The van der Waals surface area contributed by atoms with Crippen LogP contribution < -0.4 is 10.1 Å². The lowest BCUT2D eigenvalue weighted by Crippen LogP contribution is -2.34. The predicted molar refractivity (Wildman–Crippen MR) is 86.7 cm³/mol. The lowest BCUT2D eigenvalue weighted by atomic mass is 9.95. The fourth-order valence-corrected chi connectivity index (χ4v) is 3.98. The van der Waals surface area contributed by atoms with Crippen LogP contribution in [0.1, 0.15) is 39.5 Å². The quantitative estimate of drug-likeness (QED) is 0.907. The molecule has 1 fully saturated rings. The molecule has 2 atom stereocenters. The molecule has 2 unspecified atom stereocenters. The minimum absolute atomic E-state index is 0.165. The van der Waals surface area contributed by atoms with E-state index in [0.29, 0.717) is 6.42 Å². The summed E-state index contributed by atoms with van der Waals surface area (Å²) in [6, 6.07) is 8.09. The van der Waals surface area contributed by atoms with Crippen molar-refractivity contribution in [3.63, 3.8) is 0 Å². The first-order valence-electron chi connectivity index (χ1n) is 7.56. The van der Waals surface area contributed by atoms with Gasteiger partial charge in [0.2, 0.25) is 0 Å². The summed E-state index contributed by atoms with van der Waals surface area (Å²) in [6.45, 7) is 4.00. The molecule has 0 amide bonds. The van der Waals surface area contributed by atoms with E-state index in [-0.39, 0.29) is 17.4 Å². The summed E-state index contributed by atoms with van der Waals surface area (Å²) in [6.07, 6.45) is 4.98. The molecule has 1 aromatic rings. The van der Waals surface area contributed by atoms with Crippen molar-refractivity contribution in [2.75, 3.05) is 11.6 Å². The average molecular weight is 311 g/mol. The minimum Gasteiger partial charge on any atom is -0.491 e. The number of rotatable bonds is 5. The number of nitrogens with one attached hydrogen (secondary N) is 1. The van der Waals surface area contributed by atoms with E-state index in [9.17, 15) is 8.42 Å². The van der Waals surface area contributed by atoms with Crippen molar-refractivity contribution in [3.8, 4) is 5.75 Å². The Morgan fingerprint density at radius 2 is 1.86 bits per heavy atom. The Hall–Kier alpha value is -1.23. The molecule has 0 spiro atoms. The molecular formula is C16H25NO3S. The third-order valence-electron chi connectivity index (χ3n) is 3.83. The van der Waals surface area contributed by atoms with Gasteiger partial charge in [-0.15, -0.1) is 0 Å². The number of sulfone groups is 1. The zero-order valence-corrected chi connectivity index (χ0v) is 13.8. The molecule has 1 aliphatic carbocycles. The van der Waals surface area contributed by atoms with E-state index in [0.717, 1.165) is 30.7 Å². The Labute approximate surface area is 127 Å². The minimum atomic E-state index is -2.93. The predicted octanol–water partition coefficient (Wildman–Crippen LogP) is 3.24. The second-order valence-corrected chi connectivity index (χ2v) is 8.48. The van der Waals surface area contributed by atoms with Gasteiger partial charge in [-0.05, 0) is 57.4 Å². The molecule has 1 aliphatic rings. The fraction of sp³-hybridized carbons (Fsp3) is 0.625. The molecule has 0 saturated heterocycles. The van der Waals surface area contributed by atoms with E-state index < -0.39 is 9.84 Å². The van der Waals surface area contributed by atoms with Gasteiger partial charge in [-0.3, -0.25) is 0 Å². The molecule has 1 aromatic carbocycles. The Morgan fingerprint density at radius 1 is 1.19 bits per heavy atom. The summed E-state index contributed by atoms with van der Waals surface area (Å²) in [5.74, 6) is 0.855. The first kappa shape index (κ1) is 16.1. The van der Waals surface area contributed by atoms with E-state index in [2.05, 4.69) is 5.32 Å². The van der Waals surface area contributed by atoms with Gasteiger partial charge in [0.15, 0.2) is 0 Å². The van der Waals surface area contributed by atoms with Crippen molar-refractivity contribution in [1.82, 2.24) is 0 Å². The van der Waals surface area contributed by atoms with Crippen LogP contribution in [0.15, 0.2) is 24.3 Å². The normalized spacial score (nSPS) is 23.0. The lowest BCUT2D eigenvalue weighted by molar-refractivity contribution is 0.242. The molecule has 4 nitrogen and oxygen atoms in total. The Morgan fingerprint density at radius 3 is 2.43 bits per heavy atom. The summed E-state index contributed by atoms with van der Waals surface area (Å²) in [4.78, 5) is 0. The molecule has 0 aliphatic heterocycles. The van der Waals surface area contributed by atoms with Crippen LogP contribution in [-0.4, -0.2) is 32.1 Å². The topological polar surface area (TPSA) is 55.4 Å². The molecule has 118 valence electrons. The van der Waals surface area contributed by atoms with Crippen LogP contribution in [0.25, 0.3) is 0 Å². The van der Waals surface area contributed by atoms with Gasteiger partial charge in [0.05, 0.1) is 11.4 Å². The van der Waals surface area contributed by atoms with Crippen molar-refractivity contribution in [1.29, 1.82) is 0 Å². The SMILES string of the molecule is CC(C)Oc1ccc(NC2CCCC(S(C)(=O)=O)C2)cc1. The molecule has 21 heavy (non-hydrogen) atoms. The van der Waals surface area contributed by atoms with E-state index >= 15 is 0 Å². The Bertz CT molecular complexity index is 551. The first-order valence-corrected chi connectivity index (χ1v) is 9.52. The van der Waals surface area contributed by atoms with E-state index in [1.54, 1.807) is 0 Å². The second-order valence-electron chi connectivity index (χ2n) is 6.15. The van der Waals surface area contributed by atoms with Gasteiger partial charge < -0.3 is 10.1 Å². The summed E-state index contributed by atoms with van der Waals surface area (Å²) in [7, 11) is -2.93. The summed E-state index contributed by atoms with van der Waals surface area (Å²) in [5, 5.41) is 3.24. The number of hydrogen-bond acceptors (Lipinski definition) is 4. The summed E-state index contributed by atoms with van der Waals surface area (Å²) < 4.78 is 29.0. The van der Waals surface area contributed by atoms with Crippen LogP contribution >= 0.6 is 0 Å². The van der Waals surface area contributed by atoms with Gasteiger partial charge in [0.1, 0.15) is 15.6 Å². The van der Waals surface area contributed by atoms with Crippen LogP contribution in [0.4, 0.5) is 5.69 Å². The maximum atomic E-state index is 11.7. The molecule has 1 saturated carbocycles. The van der Waals surface area contributed by atoms with Gasteiger partial charge >= 0.3 is 0 Å². The molecule has 0 bridgehead atoms. The highest BCUT2D eigenvalue weighted by Gasteiger charge is 2.28. The summed E-state index contributed by atoms with van der Waals surface area (Å²) >= 11 is 0. The van der Waals surface area contributed by atoms with Gasteiger partial charge in [0, 0.05) is 18.0 Å². The van der Waals surface area contributed by atoms with Crippen LogP contribution in [0.3, 0.4) is 0 Å². The standard InChI is InChI=1S/C16H25NO3S/c1-12(2)20-15-9-7-13(8-10-15)17-14-5-4-6-16(11-14)21(3,18)19/h7-10,12,14,16-17H,4-6,11H2,1-3H3. The molecular weight excluding hydrogens is 286 g/mol. The van der Waals surface area contributed by atoms with Crippen molar-refractivity contribution in [2.45, 2.75) is 56.9 Å². The maximum Gasteiger partial charge on any atom is 0.150 e. The maximum absolute atomic E-state index is 11.7. The molecule has 1 N–H and O–H groups in total. The highest BCUT2D eigenvalue weighted by molar-refractivity contribution is 7.91. The molecule has 5 heteroatoms. The van der Waals surface area contributed by atoms with Crippen molar-refractivity contribution >= 4 is 15.5 Å². The number of anilines is 1. The van der Waals surface area contributed by atoms with Gasteiger partial charge in [0.25, 0.3) is 0 Å². The van der Waals surface area contributed by atoms with Crippen LogP contribution in [0, 0.1) is 0 Å². The van der Waals surface area contributed by atoms with E-state index in [1.165, 1.54) is 6.26 Å². The number of ether oxygens (including phenoxy) is 1. The zero-order valence-electron chi connectivity index (χ0n) is 13.0. The smallest absolute Gasteiger partial charge is 0.150 e. The van der Waals surface area contributed by atoms with Gasteiger partial charge in [-0.25, -0.2) is 8.42 Å². The molecule has 0 radical (unpaired) electrons. The number of hydrogen-bond donors (Lipinski definition) is 1. The molecule has 0 aromatic heterocycles. The number of benzene rings is 1. The highest BCUT2D eigenvalue weighted by atomic mass is 32.2. The largest absolute Gasteiger partial charge is 0.491 e. The lowest BCUT2D eigenvalue weighted by Gasteiger charge is -2.29. The third-order valence-corrected chi connectivity index (χ3v) is 5.47. The van der Waals surface area contributed by atoms with E-state index in [4.69, 9.17) is 4.74 Å². The van der Waals surface area contributed by atoms with E-state index in [1.807, 2.05) is 38.1 Å². The van der Waals surface area contributed by atoms with Gasteiger partial charge in [-0.1, -0.05) is 6.42 Å². The van der Waals surface area contributed by atoms with Gasteiger partial charge in [-0.2, -0.15) is 0 Å².